The van der Waals surface area contributed by atoms with Gasteiger partial charge in [0.1, 0.15) is 0 Å². The average molecular weight is 326 g/mol. The van der Waals surface area contributed by atoms with Crippen molar-refractivity contribution in [3.63, 3.8) is 0 Å². The topological polar surface area (TPSA) is 70.6 Å². The summed E-state index contributed by atoms with van der Waals surface area (Å²) in [6.07, 6.45) is -0.0472. The van der Waals surface area contributed by atoms with Crippen molar-refractivity contribution in [2.24, 2.45) is 0 Å². The Kier molecular flexibility index (Phi) is 5.13. The minimum Gasteiger partial charge on any atom is -0.390 e. The van der Waals surface area contributed by atoms with Crippen molar-refractivity contribution >= 4 is 11.7 Å². The van der Waals surface area contributed by atoms with Crippen LogP contribution in [0.1, 0.15) is 29.7 Å². The molecule has 0 unspecified atom stereocenters. The molecule has 1 aliphatic carbocycles. The molecule has 0 saturated carbocycles. The molecule has 2 aromatic rings. The minimum atomic E-state index is -0.605. The fourth-order valence-electron chi connectivity index (χ4n) is 3.03. The van der Waals surface area contributed by atoms with Crippen LogP contribution in [0.2, 0.25) is 0 Å². The first-order valence-corrected chi connectivity index (χ1v) is 8.18. The maximum absolute atomic E-state index is 12.4. The third kappa shape index (κ3) is 3.58. The first kappa shape index (κ1) is 16.5. The molecule has 0 radical (unpaired) electrons. The maximum atomic E-state index is 12.4. The minimum absolute atomic E-state index is 0.334. The lowest BCUT2D eigenvalue weighted by atomic mass is 10.1. The van der Waals surface area contributed by atoms with Crippen LogP contribution >= 0.6 is 0 Å². The van der Waals surface area contributed by atoms with Crippen molar-refractivity contribution in [2.75, 3.05) is 11.9 Å². The lowest BCUT2D eigenvalue weighted by Crippen LogP contribution is -2.37. The number of aliphatic hydroxyl groups excluding tert-OH is 1. The lowest BCUT2D eigenvalue weighted by molar-refractivity contribution is 0.134. The van der Waals surface area contributed by atoms with E-state index in [1.807, 2.05) is 55.5 Å². The highest BCUT2D eigenvalue weighted by Crippen LogP contribution is 2.31. The first-order valence-electron chi connectivity index (χ1n) is 8.18. The van der Waals surface area contributed by atoms with Gasteiger partial charge in [-0.3, -0.25) is 0 Å². The number of anilines is 1. The molecule has 1 aliphatic rings. The molecule has 2 atom stereocenters. The van der Waals surface area contributed by atoms with E-state index in [0.29, 0.717) is 25.3 Å². The molecular formula is C19H22N2O3. The van der Waals surface area contributed by atoms with Crippen LogP contribution in [-0.4, -0.2) is 23.8 Å². The summed E-state index contributed by atoms with van der Waals surface area (Å²) < 4.78 is 5.43. The third-order valence-electron chi connectivity index (χ3n) is 4.22. The summed E-state index contributed by atoms with van der Waals surface area (Å²) in [6, 6.07) is 14.6. The number of hydrogen-bond acceptors (Lipinski definition) is 3. The van der Waals surface area contributed by atoms with Gasteiger partial charge in [0, 0.05) is 24.3 Å². The van der Waals surface area contributed by atoms with E-state index < -0.39 is 6.10 Å². The molecule has 24 heavy (non-hydrogen) atoms. The van der Waals surface area contributed by atoms with Crippen LogP contribution in [0.15, 0.2) is 48.5 Å². The van der Waals surface area contributed by atoms with Gasteiger partial charge in [0.25, 0.3) is 0 Å². The molecule has 0 aliphatic heterocycles. The van der Waals surface area contributed by atoms with Gasteiger partial charge in [-0.05, 0) is 24.1 Å². The number of hydrogen-bond donors (Lipinski definition) is 3. The fraction of sp³-hybridized carbons (Fsp3) is 0.316. The van der Waals surface area contributed by atoms with Gasteiger partial charge in [-0.2, -0.15) is 0 Å². The summed E-state index contributed by atoms with van der Waals surface area (Å²) in [6.45, 7) is 3.00. The number of nitrogens with one attached hydrogen (secondary N) is 2. The molecule has 2 aromatic carbocycles. The van der Waals surface area contributed by atoms with Gasteiger partial charge in [-0.15, -0.1) is 0 Å². The first-order chi connectivity index (χ1) is 11.7. The number of rotatable bonds is 5. The largest absolute Gasteiger partial charge is 0.390 e. The number of carbonyl (C=O) groups is 1. The Morgan fingerprint density at radius 1 is 1.21 bits per heavy atom. The Balaban J connectivity index is 1.68. The van der Waals surface area contributed by atoms with Crippen molar-refractivity contribution < 1.29 is 14.6 Å². The molecule has 3 N–H and O–H groups in total. The summed E-state index contributed by atoms with van der Waals surface area (Å²) in [5, 5.41) is 16.0. The van der Waals surface area contributed by atoms with E-state index in [4.69, 9.17) is 4.74 Å². The summed E-state index contributed by atoms with van der Waals surface area (Å²) in [4.78, 5) is 12.4. The number of para-hydroxylation sites is 1. The molecule has 5 nitrogen and oxygen atoms in total. The van der Waals surface area contributed by atoms with Gasteiger partial charge >= 0.3 is 6.03 Å². The normalized spacial score (nSPS) is 18.9. The highest BCUT2D eigenvalue weighted by molar-refractivity contribution is 5.90. The van der Waals surface area contributed by atoms with Crippen LogP contribution in [-0.2, 0) is 17.8 Å². The number of ether oxygens (including phenoxy) is 1. The van der Waals surface area contributed by atoms with E-state index in [1.54, 1.807) is 0 Å². The molecule has 0 bridgehead atoms. The number of aliphatic hydroxyl groups is 1. The monoisotopic (exact) mass is 326 g/mol. The van der Waals surface area contributed by atoms with Gasteiger partial charge in [0.05, 0.1) is 18.8 Å². The maximum Gasteiger partial charge on any atom is 0.319 e. The van der Waals surface area contributed by atoms with Gasteiger partial charge in [-0.1, -0.05) is 42.5 Å². The van der Waals surface area contributed by atoms with Gasteiger partial charge in [0.2, 0.25) is 0 Å². The lowest BCUT2D eigenvalue weighted by Gasteiger charge is -2.19. The molecule has 2 amide bonds. The van der Waals surface area contributed by atoms with Crippen LogP contribution in [0.4, 0.5) is 10.5 Å². The number of fused-ring (bicyclic) bond motifs is 1. The molecule has 3 rings (SSSR count). The van der Waals surface area contributed by atoms with Crippen LogP contribution < -0.4 is 10.6 Å². The summed E-state index contributed by atoms with van der Waals surface area (Å²) >= 11 is 0. The zero-order valence-corrected chi connectivity index (χ0v) is 13.7. The van der Waals surface area contributed by atoms with Crippen molar-refractivity contribution in [3.8, 4) is 0 Å². The number of amides is 2. The van der Waals surface area contributed by atoms with Gasteiger partial charge < -0.3 is 20.5 Å². The molecule has 0 heterocycles. The molecule has 0 saturated heterocycles. The zero-order chi connectivity index (χ0) is 16.9. The highest BCUT2D eigenvalue weighted by atomic mass is 16.5. The predicted molar refractivity (Wildman–Crippen MR) is 92.8 cm³/mol. The average Bonchev–Trinajstić information content (AvgIpc) is 2.90. The Morgan fingerprint density at radius 3 is 2.79 bits per heavy atom. The second-order valence-electron chi connectivity index (χ2n) is 5.84. The summed E-state index contributed by atoms with van der Waals surface area (Å²) in [5.41, 5.74) is 3.68. The van der Waals surface area contributed by atoms with E-state index in [1.165, 1.54) is 0 Å². The molecule has 5 heteroatoms. The van der Waals surface area contributed by atoms with E-state index in [-0.39, 0.29) is 12.1 Å². The second-order valence-corrected chi connectivity index (χ2v) is 5.84. The molecule has 0 spiro atoms. The Bertz CT molecular complexity index is 717. The highest BCUT2D eigenvalue weighted by Gasteiger charge is 2.31. The van der Waals surface area contributed by atoms with Crippen molar-refractivity contribution in [2.45, 2.75) is 32.1 Å². The smallest absolute Gasteiger partial charge is 0.319 e. The standard InChI is InChI=1S/C19H22N2O3/c1-2-24-12-14-8-4-6-10-16(14)20-19(23)21-18-15-9-5-3-7-13(15)11-17(18)22/h3-10,17-18,22H,2,11-12H2,1H3,(H2,20,21,23)/t17-,18+/m0/s1. The third-order valence-corrected chi connectivity index (χ3v) is 4.22. The number of benzene rings is 2. The van der Waals surface area contributed by atoms with E-state index >= 15 is 0 Å². The number of urea groups is 1. The van der Waals surface area contributed by atoms with Crippen LogP contribution in [0.25, 0.3) is 0 Å². The van der Waals surface area contributed by atoms with Crippen molar-refractivity contribution in [1.82, 2.24) is 5.32 Å². The van der Waals surface area contributed by atoms with Gasteiger partial charge in [-0.25, -0.2) is 4.79 Å². The van der Waals surface area contributed by atoms with E-state index in [2.05, 4.69) is 10.6 Å². The zero-order valence-electron chi connectivity index (χ0n) is 13.7. The van der Waals surface area contributed by atoms with Gasteiger partial charge in [0.15, 0.2) is 0 Å². The fourth-order valence-corrected chi connectivity index (χ4v) is 3.03. The molecule has 0 aromatic heterocycles. The summed E-state index contributed by atoms with van der Waals surface area (Å²) in [5.74, 6) is 0. The predicted octanol–water partition coefficient (Wildman–Crippen LogP) is 3.00. The van der Waals surface area contributed by atoms with Crippen LogP contribution in [0, 0.1) is 0 Å². The molecular weight excluding hydrogens is 304 g/mol. The van der Waals surface area contributed by atoms with E-state index in [0.717, 1.165) is 16.7 Å². The Hall–Kier alpha value is -2.37. The van der Waals surface area contributed by atoms with Crippen molar-refractivity contribution in [3.05, 3.63) is 65.2 Å². The second kappa shape index (κ2) is 7.47. The molecule has 126 valence electrons. The number of carbonyl (C=O) groups excluding carboxylic acids is 1. The van der Waals surface area contributed by atoms with E-state index in [9.17, 15) is 9.90 Å². The van der Waals surface area contributed by atoms with Crippen LogP contribution in [0.3, 0.4) is 0 Å². The Morgan fingerprint density at radius 2 is 1.96 bits per heavy atom. The SMILES string of the molecule is CCOCc1ccccc1NC(=O)N[C@@H]1c2ccccc2C[C@@H]1O. The van der Waals surface area contributed by atoms with Crippen LogP contribution in [0.5, 0.6) is 0 Å². The molecule has 0 fully saturated rings. The van der Waals surface area contributed by atoms with Crippen molar-refractivity contribution in [1.29, 1.82) is 0 Å². The quantitative estimate of drug-likeness (QED) is 0.791. The Labute approximate surface area is 141 Å². The summed E-state index contributed by atoms with van der Waals surface area (Å²) in [7, 11) is 0.